The summed E-state index contributed by atoms with van der Waals surface area (Å²) in [5.41, 5.74) is 0. The molecule has 0 bridgehead atoms. The van der Waals surface area contributed by atoms with Crippen molar-refractivity contribution in [2.75, 3.05) is 6.61 Å². The Balaban J connectivity index is 3.45. The lowest BCUT2D eigenvalue weighted by Crippen LogP contribution is -2.45. The summed E-state index contributed by atoms with van der Waals surface area (Å²) in [5, 5.41) is 23.2. The molecule has 0 aliphatic carbocycles. The number of amides is 1. The molecular weight excluding hydrogens is 807 g/mol. The first-order chi connectivity index (χ1) is 32.7. The Bertz CT molecular complexity index is 963. The van der Waals surface area contributed by atoms with E-state index in [-0.39, 0.29) is 12.5 Å². The van der Waals surface area contributed by atoms with Crippen molar-refractivity contribution in [3.05, 3.63) is 24.3 Å². The van der Waals surface area contributed by atoms with Crippen LogP contribution in [0.15, 0.2) is 24.3 Å². The quantitative estimate of drug-likeness (QED) is 0.0420. The van der Waals surface area contributed by atoms with Crippen molar-refractivity contribution in [3.8, 4) is 0 Å². The second-order valence-corrected chi connectivity index (χ2v) is 21.1. The predicted molar refractivity (Wildman–Crippen MR) is 295 cm³/mol. The van der Waals surface area contributed by atoms with Gasteiger partial charge in [0.05, 0.1) is 18.8 Å². The number of hydrogen-bond acceptors (Lipinski definition) is 3. The van der Waals surface area contributed by atoms with Crippen LogP contribution in [0.25, 0.3) is 0 Å². The van der Waals surface area contributed by atoms with Crippen molar-refractivity contribution in [3.63, 3.8) is 0 Å². The molecule has 4 heteroatoms. The Kier molecular flexibility index (Phi) is 57.2. The van der Waals surface area contributed by atoms with Gasteiger partial charge in [-0.1, -0.05) is 334 Å². The van der Waals surface area contributed by atoms with Crippen molar-refractivity contribution in [2.24, 2.45) is 0 Å². The average Bonchev–Trinajstić information content (AvgIpc) is 3.32. The van der Waals surface area contributed by atoms with Crippen LogP contribution in [0.1, 0.15) is 348 Å². The van der Waals surface area contributed by atoms with Crippen LogP contribution in [0, 0.1) is 0 Å². The van der Waals surface area contributed by atoms with E-state index in [0.717, 1.165) is 32.1 Å². The first-order valence-electron chi connectivity index (χ1n) is 30.6. The third-order valence-corrected chi connectivity index (χ3v) is 14.4. The van der Waals surface area contributed by atoms with E-state index in [0.29, 0.717) is 6.42 Å². The summed E-state index contributed by atoms with van der Waals surface area (Å²) in [6.07, 6.45) is 78.0. The van der Waals surface area contributed by atoms with Gasteiger partial charge in [0.1, 0.15) is 0 Å². The summed E-state index contributed by atoms with van der Waals surface area (Å²) in [6, 6.07) is -0.637. The molecule has 0 saturated heterocycles. The molecule has 0 spiro atoms. The second kappa shape index (κ2) is 58.2. The topological polar surface area (TPSA) is 69.6 Å². The average molecular weight is 929 g/mol. The molecule has 0 aliphatic rings. The normalized spacial score (nSPS) is 12.8. The Morgan fingerprint density at radius 3 is 0.879 bits per heavy atom. The van der Waals surface area contributed by atoms with Crippen LogP contribution in [0.4, 0.5) is 0 Å². The number of carbonyl (C=O) groups is 1. The van der Waals surface area contributed by atoms with Gasteiger partial charge < -0.3 is 15.5 Å². The van der Waals surface area contributed by atoms with Crippen molar-refractivity contribution in [2.45, 2.75) is 360 Å². The molecule has 1 amide bonds. The van der Waals surface area contributed by atoms with Gasteiger partial charge in [-0.25, -0.2) is 0 Å². The summed E-state index contributed by atoms with van der Waals surface area (Å²) in [6.45, 7) is 4.34. The summed E-state index contributed by atoms with van der Waals surface area (Å²) in [5.74, 6) is -0.0655. The summed E-state index contributed by atoms with van der Waals surface area (Å²) in [4.78, 5) is 12.5. The van der Waals surface area contributed by atoms with Crippen LogP contribution in [0.2, 0.25) is 0 Å². The minimum atomic E-state index is -0.860. The molecule has 0 aromatic carbocycles. The van der Waals surface area contributed by atoms with Gasteiger partial charge in [-0.2, -0.15) is 0 Å². The summed E-state index contributed by atoms with van der Waals surface area (Å²) in [7, 11) is 0. The summed E-state index contributed by atoms with van der Waals surface area (Å²) >= 11 is 0. The molecule has 66 heavy (non-hydrogen) atoms. The Morgan fingerprint density at radius 2 is 0.591 bits per heavy atom. The van der Waals surface area contributed by atoms with Crippen molar-refractivity contribution < 1.29 is 15.0 Å². The van der Waals surface area contributed by atoms with Gasteiger partial charge in [-0.05, 0) is 32.1 Å². The third-order valence-electron chi connectivity index (χ3n) is 14.4. The lowest BCUT2D eigenvalue weighted by Gasteiger charge is -2.19. The lowest BCUT2D eigenvalue weighted by atomic mass is 10.0. The second-order valence-electron chi connectivity index (χ2n) is 21.1. The van der Waals surface area contributed by atoms with Gasteiger partial charge in [0.15, 0.2) is 0 Å². The maximum atomic E-state index is 12.5. The molecule has 3 N–H and O–H groups in total. The van der Waals surface area contributed by atoms with Crippen molar-refractivity contribution in [1.29, 1.82) is 0 Å². The molecule has 2 atom stereocenters. The SMILES string of the molecule is CCCCCCCCCCCCCCCCCCCC/C=C/CC/C=C/C(O)C(CO)NC(=O)CCCCCCCCCCCCCCCCCCCCCCCCCCCCCCCC. The van der Waals surface area contributed by atoms with Crippen LogP contribution in [-0.4, -0.2) is 34.9 Å². The van der Waals surface area contributed by atoms with Gasteiger partial charge in [0.2, 0.25) is 5.91 Å². The molecule has 0 radical (unpaired) electrons. The highest BCUT2D eigenvalue weighted by Crippen LogP contribution is 2.18. The number of hydrogen-bond donors (Lipinski definition) is 3. The number of nitrogens with one attached hydrogen (secondary N) is 1. The molecule has 0 aliphatic heterocycles. The first kappa shape index (κ1) is 64.9. The number of carbonyl (C=O) groups excluding carboxylic acids is 1. The first-order valence-corrected chi connectivity index (χ1v) is 30.6. The maximum Gasteiger partial charge on any atom is 0.220 e. The molecule has 0 fully saturated rings. The smallest absolute Gasteiger partial charge is 0.220 e. The Labute approximate surface area is 415 Å². The molecule has 392 valence electrons. The number of rotatable bonds is 57. The molecule has 0 aromatic heterocycles. The highest BCUT2D eigenvalue weighted by atomic mass is 16.3. The Morgan fingerprint density at radius 1 is 0.348 bits per heavy atom. The highest BCUT2D eigenvalue weighted by molar-refractivity contribution is 5.76. The number of aliphatic hydroxyl groups is 2. The van der Waals surface area contributed by atoms with Gasteiger partial charge >= 0.3 is 0 Å². The summed E-state index contributed by atoms with van der Waals surface area (Å²) < 4.78 is 0. The van der Waals surface area contributed by atoms with E-state index < -0.39 is 12.1 Å². The predicted octanol–water partition coefficient (Wildman–Crippen LogP) is 20.3. The molecule has 0 rings (SSSR count). The van der Waals surface area contributed by atoms with E-state index in [1.54, 1.807) is 6.08 Å². The Hall–Kier alpha value is -1.13. The number of unbranched alkanes of at least 4 members (excludes halogenated alkanes) is 48. The van der Waals surface area contributed by atoms with E-state index >= 15 is 0 Å². The van der Waals surface area contributed by atoms with Crippen LogP contribution >= 0.6 is 0 Å². The largest absolute Gasteiger partial charge is 0.394 e. The lowest BCUT2D eigenvalue weighted by molar-refractivity contribution is -0.123. The zero-order chi connectivity index (χ0) is 47.7. The van der Waals surface area contributed by atoms with Crippen LogP contribution in [0.5, 0.6) is 0 Å². The van der Waals surface area contributed by atoms with E-state index in [1.165, 1.54) is 295 Å². The standard InChI is InChI=1S/C62H121NO3/c1-3-5-7-9-11-13-15-17-19-21-23-25-27-29-30-31-32-33-34-36-38-40-42-44-46-48-50-52-54-56-58-62(66)63-60(59-64)61(65)57-55-53-51-49-47-45-43-41-39-37-35-28-26-24-22-20-18-16-14-12-10-8-6-4-2/h47,49,55,57,60-61,64-65H,3-46,48,50-54,56,58-59H2,1-2H3,(H,63,66)/b49-47+,57-55+. The van der Waals surface area contributed by atoms with Gasteiger partial charge in [-0.3, -0.25) is 4.79 Å². The zero-order valence-corrected chi connectivity index (χ0v) is 45.2. The zero-order valence-electron chi connectivity index (χ0n) is 45.2. The molecule has 4 nitrogen and oxygen atoms in total. The maximum absolute atomic E-state index is 12.5. The van der Waals surface area contributed by atoms with Gasteiger partial charge in [0.25, 0.3) is 0 Å². The van der Waals surface area contributed by atoms with Crippen LogP contribution < -0.4 is 5.32 Å². The number of allylic oxidation sites excluding steroid dienone is 3. The van der Waals surface area contributed by atoms with Crippen molar-refractivity contribution in [1.82, 2.24) is 5.32 Å². The van der Waals surface area contributed by atoms with Crippen LogP contribution in [-0.2, 0) is 4.79 Å². The van der Waals surface area contributed by atoms with E-state index in [4.69, 9.17) is 0 Å². The molecule has 0 aromatic rings. The minimum Gasteiger partial charge on any atom is -0.394 e. The fourth-order valence-corrected chi connectivity index (χ4v) is 9.79. The highest BCUT2D eigenvalue weighted by Gasteiger charge is 2.18. The molecular formula is C62H121NO3. The van der Waals surface area contributed by atoms with Crippen molar-refractivity contribution >= 4 is 5.91 Å². The molecule has 0 saturated carbocycles. The number of aliphatic hydroxyl groups excluding tert-OH is 2. The monoisotopic (exact) mass is 928 g/mol. The molecule has 0 heterocycles. The third kappa shape index (κ3) is 53.8. The fraction of sp³-hybridized carbons (Fsp3) is 0.919. The van der Waals surface area contributed by atoms with E-state index in [2.05, 4.69) is 31.3 Å². The van der Waals surface area contributed by atoms with Crippen LogP contribution in [0.3, 0.4) is 0 Å². The van der Waals surface area contributed by atoms with Gasteiger partial charge in [0, 0.05) is 6.42 Å². The van der Waals surface area contributed by atoms with E-state index in [1.807, 2.05) is 6.08 Å². The fourth-order valence-electron chi connectivity index (χ4n) is 9.79. The van der Waals surface area contributed by atoms with E-state index in [9.17, 15) is 15.0 Å². The molecule has 2 unspecified atom stereocenters. The minimum absolute atomic E-state index is 0.0655. The van der Waals surface area contributed by atoms with Gasteiger partial charge in [-0.15, -0.1) is 0 Å².